The number of anilines is 1. The van der Waals surface area contributed by atoms with Gasteiger partial charge in [0.1, 0.15) is 6.04 Å². The number of nitrogens with two attached hydrogens (primary N) is 1. The number of ether oxygens (including phenoxy) is 2. The first-order valence-electron chi connectivity index (χ1n) is 9.85. The van der Waals surface area contributed by atoms with Gasteiger partial charge in [0.2, 0.25) is 0 Å². The summed E-state index contributed by atoms with van der Waals surface area (Å²) in [7, 11) is 2.49. The third-order valence-electron chi connectivity index (χ3n) is 5.03. The first-order chi connectivity index (χ1) is 14.9. The summed E-state index contributed by atoms with van der Waals surface area (Å²) in [6.45, 7) is 2.21. The number of benzene rings is 3. The van der Waals surface area contributed by atoms with Crippen LogP contribution in [0.2, 0.25) is 0 Å². The van der Waals surface area contributed by atoms with Crippen LogP contribution in [0.3, 0.4) is 0 Å². The molecule has 0 aliphatic carbocycles. The molecule has 3 rings (SSSR count). The van der Waals surface area contributed by atoms with Gasteiger partial charge in [-0.15, -0.1) is 0 Å². The lowest BCUT2D eigenvalue weighted by Crippen LogP contribution is -2.86. The van der Waals surface area contributed by atoms with Gasteiger partial charge in [-0.25, -0.2) is 9.59 Å². The topological polar surface area (TPSA) is 98.3 Å². The van der Waals surface area contributed by atoms with E-state index in [1.54, 1.807) is 0 Å². The fourth-order valence-corrected chi connectivity index (χ4v) is 3.44. The predicted octanol–water partition coefficient (Wildman–Crippen LogP) is 2.68. The number of rotatable bonds is 7. The lowest BCUT2D eigenvalue weighted by atomic mass is 10.00. The second kappa shape index (κ2) is 9.86. The number of quaternary nitrogens is 1. The van der Waals surface area contributed by atoms with E-state index in [-0.39, 0.29) is 29.6 Å². The van der Waals surface area contributed by atoms with E-state index in [4.69, 9.17) is 9.47 Å². The monoisotopic (exact) mass is 421 g/mol. The summed E-state index contributed by atoms with van der Waals surface area (Å²) in [5, 5.41) is 6.98. The van der Waals surface area contributed by atoms with E-state index in [9.17, 15) is 14.4 Å². The number of carbonyl (C=O) groups excluding carboxylic acids is 3. The van der Waals surface area contributed by atoms with Crippen LogP contribution in [0.25, 0.3) is 10.8 Å². The molecule has 0 heterocycles. The van der Waals surface area contributed by atoms with Crippen molar-refractivity contribution >= 4 is 34.3 Å². The quantitative estimate of drug-likeness (QED) is 0.572. The van der Waals surface area contributed by atoms with E-state index in [0.717, 1.165) is 16.3 Å². The molecular formula is C24H25N2O5+. The summed E-state index contributed by atoms with van der Waals surface area (Å²) in [6.07, 6.45) is 0. The average molecular weight is 421 g/mol. The van der Waals surface area contributed by atoms with Crippen LogP contribution in [0.15, 0.2) is 60.7 Å². The highest BCUT2D eigenvalue weighted by molar-refractivity contribution is 5.99. The Balaban J connectivity index is 1.71. The van der Waals surface area contributed by atoms with E-state index in [1.165, 1.54) is 32.4 Å². The van der Waals surface area contributed by atoms with Gasteiger partial charge in [0.25, 0.3) is 5.91 Å². The number of hydrogen-bond acceptors (Lipinski definition) is 5. The number of hydrogen-bond donors (Lipinski definition) is 2. The van der Waals surface area contributed by atoms with Gasteiger partial charge in [0.15, 0.2) is 6.54 Å². The first-order valence-corrected chi connectivity index (χ1v) is 9.85. The molecule has 0 aliphatic heterocycles. The van der Waals surface area contributed by atoms with Crippen molar-refractivity contribution < 1.29 is 29.2 Å². The van der Waals surface area contributed by atoms with Crippen LogP contribution >= 0.6 is 0 Å². The highest BCUT2D eigenvalue weighted by Gasteiger charge is 2.17. The highest BCUT2D eigenvalue weighted by Crippen LogP contribution is 2.22. The van der Waals surface area contributed by atoms with Crippen LogP contribution in [0.1, 0.15) is 39.2 Å². The van der Waals surface area contributed by atoms with Crippen molar-refractivity contribution in [2.75, 3.05) is 26.1 Å². The minimum Gasteiger partial charge on any atom is -0.465 e. The number of carbonyl (C=O) groups is 3. The largest absolute Gasteiger partial charge is 0.465 e. The molecule has 3 aromatic rings. The Hall–Kier alpha value is -3.71. The number of amides is 1. The summed E-state index contributed by atoms with van der Waals surface area (Å²) >= 11 is 0. The maximum Gasteiger partial charge on any atom is 0.337 e. The second-order valence-electron chi connectivity index (χ2n) is 7.13. The van der Waals surface area contributed by atoms with E-state index < -0.39 is 11.9 Å². The molecule has 3 N–H and O–H groups in total. The van der Waals surface area contributed by atoms with Crippen LogP contribution in [0.5, 0.6) is 0 Å². The zero-order valence-corrected chi connectivity index (χ0v) is 17.7. The Morgan fingerprint density at radius 3 is 2.16 bits per heavy atom. The van der Waals surface area contributed by atoms with E-state index >= 15 is 0 Å². The van der Waals surface area contributed by atoms with E-state index in [2.05, 4.69) is 29.6 Å². The van der Waals surface area contributed by atoms with Gasteiger partial charge in [-0.05, 0) is 35.9 Å². The zero-order valence-electron chi connectivity index (χ0n) is 17.7. The van der Waals surface area contributed by atoms with Gasteiger partial charge in [-0.2, -0.15) is 0 Å². The van der Waals surface area contributed by atoms with Gasteiger partial charge in [-0.3, -0.25) is 4.79 Å². The summed E-state index contributed by atoms with van der Waals surface area (Å²) in [5.41, 5.74) is 1.76. The van der Waals surface area contributed by atoms with Crippen molar-refractivity contribution in [3.05, 3.63) is 77.4 Å². The van der Waals surface area contributed by atoms with Gasteiger partial charge < -0.3 is 20.1 Å². The van der Waals surface area contributed by atoms with E-state index in [0.29, 0.717) is 5.69 Å². The average Bonchev–Trinajstić information content (AvgIpc) is 2.80. The summed E-state index contributed by atoms with van der Waals surface area (Å²) in [4.78, 5) is 36.3. The lowest BCUT2D eigenvalue weighted by Gasteiger charge is -2.14. The summed E-state index contributed by atoms with van der Waals surface area (Å²) < 4.78 is 9.44. The zero-order chi connectivity index (χ0) is 22.4. The lowest BCUT2D eigenvalue weighted by molar-refractivity contribution is -0.682. The predicted molar refractivity (Wildman–Crippen MR) is 117 cm³/mol. The molecule has 160 valence electrons. The Morgan fingerprint density at radius 2 is 1.52 bits per heavy atom. The smallest absolute Gasteiger partial charge is 0.337 e. The molecule has 0 spiro atoms. The van der Waals surface area contributed by atoms with Crippen molar-refractivity contribution in [3.63, 3.8) is 0 Å². The fourth-order valence-electron chi connectivity index (χ4n) is 3.44. The Labute approximate surface area is 180 Å². The standard InChI is InChI=1S/C24H24N2O5/c1-15(20-10-6-8-16-7-4-5-9-21(16)20)25-14-22(27)26-19-12-17(23(28)30-2)11-18(13-19)24(29)31-3/h4-13,15,25H,14H2,1-3H3,(H,26,27)/p+1/t15-/m1/s1. The molecule has 7 heteroatoms. The van der Waals surface area contributed by atoms with E-state index in [1.807, 2.05) is 30.4 Å². The molecule has 0 fully saturated rings. The van der Waals surface area contributed by atoms with Crippen LogP contribution in [0, 0.1) is 0 Å². The van der Waals surface area contributed by atoms with Crippen molar-refractivity contribution in [2.24, 2.45) is 0 Å². The van der Waals surface area contributed by atoms with Crippen molar-refractivity contribution in [3.8, 4) is 0 Å². The molecule has 1 atom stereocenters. The van der Waals surface area contributed by atoms with Crippen molar-refractivity contribution in [2.45, 2.75) is 13.0 Å². The maximum atomic E-state index is 12.5. The third-order valence-corrected chi connectivity index (χ3v) is 5.03. The number of fused-ring (bicyclic) bond motifs is 1. The first kappa shape index (κ1) is 22.0. The Kier molecular flexibility index (Phi) is 6.99. The second-order valence-corrected chi connectivity index (χ2v) is 7.13. The minimum absolute atomic E-state index is 0.0592. The molecule has 0 unspecified atom stereocenters. The number of methoxy groups -OCH3 is 2. The normalized spacial score (nSPS) is 11.6. The van der Waals surface area contributed by atoms with Crippen molar-refractivity contribution in [1.82, 2.24) is 0 Å². The van der Waals surface area contributed by atoms with Crippen LogP contribution in [-0.2, 0) is 14.3 Å². The molecule has 31 heavy (non-hydrogen) atoms. The fraction of sp³-hybridized carbons (Fsp3) is 0.208. The molecule has 7 nitrogen and oxygen atoms in total. The highest BCUT2D eigenvalue weighted by atomic mass is 16.5. The molecular weight excluding hydrogens is 396 g/mol. The molecule has 3 aromatic carbocycles. The molecule has 0 saturated heterocycles. The molecule has 0 saturated carbocycles. The maximum absolute atomic E-state index is 12.5. The van der Waals surface area contributed by atoms with Crippen LogP contribution in [-0.4, -0.2) is 38.6 Å². The molecule has 0 aromatic heterocycles. The molecule has 0 radical (unpaired) electrons. The van der Waals surface area contributed by atoms with Gasteiger partial charge >= 0.3 is 11.9 Å². The van der Waals surface area contributed by atoms with Gasteiger partial charge in [0, 0.05) is 11.3 Å². The SMILES string of the molecule is COC(=O)c1cc(NC(=O)C[NH2+][C@H](C)c2cccc3ccccc23)cc(C(=O)OC)c1. The van der Waals surface area contributed by atoms with Gasteiger partial charge in [0.05, 0.1) is 25.3 Å². The number of esters is 2. The van der Waals surface area contributed by atoms with Crippen LogP contribution in [0.4, 0.5) is 5.69 Å². The van der Waals surface area contributed by atoms with Gasteiger partial charge in [-0.1, -0.05) is 42.5 Å². The molecule has 0 aliphatic rings. The summed E-state index contributed by atoms with van der Waals surface area (Å²) in [6, 6.07) is 18.6. The Morgan fingerprint density at radius 1 is 0.903 bits per heavy atom. The van der Waals surface area contributed by atoms with Crippen molar-refractivity contribution in [1.29, 1.82) is 0 Å². The minimum atomic E-state index is -0.614. The number of nitrogens with one attached hydrogen (secondary N) is 1. The third kappa shape index (κ3) is 5.26. The Bertz CT molecular complexity index is 1090. The van der Waals surface area contributed by atoms with Crippen LogP contribution < -0.4 is 10.6 Å². The molecule has 0 bridgehead atoms. The molecule has 1 amide bonds. The summed E-state index contributed by atoms with van der Waals surface area (Å²) in [5.74, 6) is -1.49.